The molecule has 28 heavy (non-hydrogen) atoms. The Bertz CT molecular complexity index is 688. The second kappa shape index (κ2) is 13.5. The van der Waals surface area contributed by atoms with Gasteiger partial charge in [0, 0.05) is 32.1 Å². The van der Waals surface area contributed by atoms with Gasteiger partial charge in [-0.1, -0.05) is 32.0 Å². The van der Waals surface area contributed by atoms with Gasteiger partial charge in [0.15, 0.2) is 5.96 Å². The van der Waals surface area contributed by atoms with E-state index in [-0.39, 0.29) is 30.1 Å². The number of rotatable bonds is 10. The molecule has 0 bridgehead atoms. The number of aromatic nitrogens is 2. The first-order chi connectivity index (χ1) is 13.2. The molecule has 0 saturated heterocycles. The van der Waals surface area contributed by atoms with Crippen LogP contribution < -0.4 is 10.6 Å². The summed E-state index contributed by atoms with van der Waals surface area (Å²) in [5.74, 6) is 1.34. The van der Waals surface area contributed by atoms with E-state index in [4.69, 9.17) is 9.73 Å². The Labute approximate surface area is 186 Å². The average molecular weight is 499 g/mol. The lowest BCUT2D eigenvalue weighted by atomic mass is 10.0. The number of nitrogens with zero attached hydrogens (tertiary/aromatic N) is 3. The van der Waals surface area contributed by atoms with Crippen molar-refractivity contribution in [3.05, 3.63) is 48.5 Å². The van der Waals surface area contributed by atoms with E-state index in [0.717, 1.165) is 43.3 Å². The molecule has 0 aliphatic heterocycles. The van der Waals surface area contributed by atoms with E-state index in [9.17, 15) is 0 Å². The van der Waals surface area contributed by atoms with Crippen LogP contribution in [0.15, 0.2) is 48.0 Å². The highest BCUT2D eigenvalue weighted by atomic mass is 127. The standard InChI is InChI=1S/C21H33N5O.HI/c1-5-23-21(24-12-11-20(17(3)4)27-6-2)25-15-18-9-7-8-10-19(18)26-14-13-22-16-26;/h7-10,13-14,16-17,20H,5-6,11-12,15H2,1-4H3,(H2,23,24,25);1H. The molecule has 1 unspecified atom stereocenters. The molecule has 0 amide bonds. The van der Waals surface area contributed by atoms with Crippen molar-refractivity contribution in [1.82, 2.24) is 20.2 Å². The van der Waals surface area contributed by atoms with Gasteiger partial charge < -0.3 is 19.9 Å². The largest absolute Gasteiger partial charge is 0.378 e. The van der Waals surface area contributed by atoms with Crippen molar-refractivity contribution >= 4 is 29.9 Å². The summed E-state index contributed by atoms with van der Waals surface area (Å²) in [5.41, 5.74) is 2.26. The zero-order valence-corrected chi connectivity index (χ0v) is 19.7. The highest BCUT2D eigenvalue weighted by molar-refractivity contribution is 14.0. The maximum absolute atomic E-state index is 5.82. The van der Waals surface area contributed by atoms with Gasteiger partial charge in [-0.2, -0.15) is 0 Å². The molecular weight excluding hydrogens is 465 g/mol. The third-order valence-corrected chi connectivity index (χ3v) is 4.37. The molecule has 1 aromatic heterocycles. The van der Waals surface area contributed by atoms with Gasteiger partial charge in [0.25, 0.3) is 0 Å². The number of para-hydroxylation sites is 1. The van der Waals surface area contributed by atoms with Crippen molar-refractivity contribution in [3.63, 3.8) is 0 Å². The molecule has 2 aromatic rings. The van der Waals surface area contributed by atoms with Crippen LogP contribution in [0.25, 0.3) is 5.69 Å². The lowest BCUT2D eigenvalue weighted by Gasteiger charge is -2.21. The summed E-state index contributed by atoms with van der Waals surface area (Å²) in [6.07, 6.45) is 6.78. The average Bonchev–Trinajstić information content (AvgIpc) is 3.20. The fourth-order valence-corrected chi connectivity index (χ4v) is 2.96. The third-order valence-electron chi connectivity index (χ3n) is 4.37. The van der Waals surface area contributed by atoms with Crippen LogP contribution in [0.3, 0.4) is 0 Å². The first-order valence-electron chi connectivity index (χ1n) is 9.85. The number of hydrogen-bond acceptors (Lipinski definition) is 3. The number of nitrogens with one attached hydrogen (secondary N) is 2. The monoisotopic (exact) mass is 499 g/mol. The lowest BCUT2D eigenvalue weighted by Crippen LogP contribution is -2.39. The van der Waals surface area contributed by atoms with Crippen molar-refractivity contribution < 1.29 is 4.74 Å². The summed E-state index contributed by atoms with van der Waals surface area (Å²) in [6.45, 7) is 11.5. The zero-order valence-electron chi connectivity index (χ0n) is 17.4. The van der Waals surface area contributed by atoms with Crippen molar-refractivity contribution in [2.75, 3.05) is 19.7 Å². The zero-order chi connectivity index (χ0) is 19.5. The van der Waals surface area contributed by atoms with E-state index in [1.165, 1.54) is 0 Å². The predicted octanol–water partition coefficient (Wildman–Crippen LogP) is 4.00. The topological polar surface area (TPSA) is 63.5 Å². The molecule has 0 saturated carbocycles. The quantitative estimate of drug-likeness (QED) is 0.295. The van der Waals surface area contributed by atoms with Crippen molar-refractivity contribution in [3.8, 4) is 5.69 Å². The second-order valence-electron chi connectivity index (χ2n) is 6.75. The van der Waals surface area contributed by atoms with E-state index in [1.54, 1.807) is 6.20 Å². The Hall–Kier alpha value is -1.61. The maximum Gasteiger partial charge on any atom is 0.191 e. The second-order valence-corrected chi connectivity index (χ2v) is 6.75. The molecule has 0 spiro atoms. The summed E-state index contributed by atoms with van der Waals surface area (Å²) in [7, 11) is 0. The Kier molecular flexibility index (Phi) is 11.8. The number of ether oxygens (including phenoxy) is 1. The minimum Gasteiger partial charge on any atom is -0.378 e. The number of benzene rings is 1. The molecule has 1 atom stereocenters. The van der Waals surface area contributed by atoms with E-state index < -0.39 is 0 Å². The van der Waals surface area contributed by atoms with Gasteiger partial charge >= 0.3 is 0 Å². The maximum atomic E-state index is 5.82. The number of aliphatic imine (C=N–C) groups is 1. The van der Waals surface area contributed by atoms with Crippen LogP contribution in [0.2, 0.25) is 0 Å². The van der Waals surface area contributed by atoms with Gasteiger partial charge in [-0.05, 0) is 37.8 Å². The molecular formula is C21H34IN5O. The molecule has 2 N–H and O–H groups in total. The summed E-state index contributed by atoms with van der Waals surface area (Å²) < 4.78 is 7.84. The summed E-state index contributed by atoms with van der Waals surface area (Å²) >= 11 is 0. The normalized spacial score (nSPS) is 12.5. The summed E-state index contributed by atoms with van der Waals surface area (Å²) in [4.78, 5) is 8.90. The van der Waals surface area contributed by atoms with Crippen LogP contribution in [0.5, 0.6) is 0 Å². The third kappa shape index (κ3) is 7.79. The van der Waals surface area contributed by atoms with Gasteiger partial charge in [-0.3, -0.25) is 0 Å². The van der Waals surface area contributed by atoms with Crippen molar-refractivity contribution in [2.45, 2.75) is 46.8 Å². The van der Waals surface area contributed by atoms with E-state index in [0.29, 0.717) is 12.5 Å². The first kappa shape index (κ1) is 24.4. The SMILES string of the molecule is CCNC(=NCc1ccccc1-n1ccnc1)NCCC(OCC)C(C)C.I. The number of halogens is 1. The highest BCUT2D eigenvalue weighted by Crippen LogP contribution is 2.15. The van der Waals surface area contributed by atoms with Crippen molar-refractivity contribution in [2.24, 2.45) is 10.9 Å². The van der Waals surface area contributed by atoms with Crippen LogP contribution in [0.4, 0.5) is 0 Å². The molecule has 1 heterocycles. The molecule has 0 radical (unpaired) electrons. The van der Waals surface area contributed by atoms with Gasteiger partial charge in [-0.25, -0.2) is 9.98 Å². The lowest BCUT2D eigenvalue weighted by molar-refractivity contribution is 0.0258. The Morgan fingerprint density at radius 3 is 2.64 bits per heavy atom. The van der Waals surface area contributed by atoms with Gasteiger partial charge in [0.1, 0.15) is 0 Å². The van der Waals surface area contributed by atoms with E-state index in [2.05, 4.69) is 48.5 Å². The molecule has 2 rings (SSSR count). The molecule has 156 valence electrons. The molecule has 0 aliphatic carbocycles. The van der Waals surface area contributed by atoms with Crippen LogP contribution in [-0.2, 0) is 11.3 Å². The van der Waals surface area contributed by atoms with E-state index in [1.807, 2.05) is 36.1 Å². The number of imidazole rings is 1. The highest BCUT2D eigenvalue weighted by Gasteiger charge is 2.13. The Morgan fingerprint density at radius 2 is 2.00 bits per heavy atom. The van der Waals surface area contributed by atoms with E-state index >= 15 is 0 Å². The Balaban J connectivity index is 0.00000392. The molecule has 1 aromatic carbocycles. The van der Waals surface area contributed by atoms with Crippen LogP contribution in [0.1, 0.15) is 39.7 Å². The minimum absolute atomic E-state index is 0. The van der Waals surface area contributed by atoms with Crippen LogP contribution in [-0.4, -0.2) is 41.3 Å². The smallest absolute Gasteiger partial charge is 0.191 e. The molecule has 0 aliphatic rings. The molecule has 6 nitrogen and oxygen atoms in total. The fourth-order valence-electron chi connectivity index (χ4n) is 2.96. The number of hydrogen-bond donors (Lipinski definition) is 2. The minimum atomic E-state index is 0. The summed E-state index contributed by atoms with van der Waals surface area (Å²) in [5, 5.41) is 6.75. The molecule has 7 heteroatoms. The summed E-state index contributed by atoms with van der Waals surface area (Å²) in [6, 6.07) is 8.27. The predicted molar refractivity (Wildman–Crippen MR) is 127 cm³/mol. The molecule has 0 fully saturated rings. The Morgan fingerprint density at radius 1 is 1.21 bits per heavy atom. The van der Waals surface area contributed by atoms with Gasteiger partial charge in [-0.15, -0.1) is 24.0 Å². The van der Waals surface area contributed by atoms with Crippen molar-refractivity contribution in [1.29, 1.82) is 0 Å². The number of guanidine groups is 1. The van der Waals surface area contributed by atoms with Gasteiger partial charge in [0.05, 0.1) is 24.7 Å². The van der Waals surface area contributed by atoms with Gasteiger partial charge in [0.2, 0.25) is 0 Å². The first-order valence-corrected chi connectivity index (χ1v) is 9.85. The van der Waals surface area contributed by atoms with Crippen LogP contribution in [0, 0.1) is 5.92 Å². The fraction of sp³-hybridized carbons (Fsp3) is 0.524. The van der Waals surface area contributed by atoms with Crippen LogP contribution >= 0.6 is 24.0 Å².